The number of ether oxygens (including phenoxy) is 2. The first-order chi connectivity index (χ1) is 11.5. The van der Waals surface area contributed by atoms with Gasteiger partial charge < -0.3 is 14.6 Å². The molecule has 3 fully saturated rings. The van der Waals surface area contributed by atoms with Gasteiger partial charge in [-0.25, -0.2) is 0 Å². The summed E-state index contributed by atoms with van der Waals surface area (Å²) in [6.45, 7) is 5.27. The van der Waals surface area contributed by atoms with E-state index in [0.29, 0.717) is 30.0 Å². The van der Waals surface area contributed by atoms with Gasteiger partial charge in [0.2, 0.25) is 0 Å². The summed E-state index contributed by atoms with van der Waals surface area (Å²) in [4.78, 5) is 0. The highest BCUT2D eigenvalue weighted by molar-refractivity contribution is 5.19. The zero-order valence-electron chi connectivity index (χ0n) is 15.6. The molecule has 0 aromatic carbocycles. The second-order valence-corrected chi connectivity index (χ2v) is 9.58. The summed E-state index contributed by atoms with van der Waals surface area (Å²) >= 11 is 0. The Bertz CT molecular complexity index is 515. The zero-order chi connectivity index (χ0) is 16.9. The molecule has 4 aliphatic rings. The Morgan fingerprint density at radius 2 is 2.04 bits per heavy atom. The first-order valence-electron chi connectivity index (χ1n) is 9.96. The molecule has 0 spiro atoms. The average Bonchev–Trinajstić information content (AvgIpc) is 2.86. The van der Waals surface area contributed by atoms with E-state index in [1.165, 1.54) is 44.9 Å². The van der Waals surface area contributed by atoms with Gasteiger partial charge in [0, 0.05) is 12.5 Å². The van der Waals surface area contributed by atoms with E-state index in [1.54, 1.807) is 7.11 Å². The molecule has 1 N–H and O–H groups in total. The van der Waals surface area contributed by atoms with Crippen LogP contribution in [-0.2, 0) is 9.47 Å². The van der Waals surface area contributed by atoms with Gasteiger partial charge in [0.25, 0.3) is 0 Å². The van der Waals surface area contributed by atoms with Crippen molar-refractivity contribution < 1.29 is 14.6 Å². The van der Waals surface area contributed by atoms with E-state index in [4.69, 9.17) is 9.47 Å². The van der Waals surface area contributed by atoms with Crippen LogP contribution < -0.4 is 0 Å². The summed E-state index contributed by atoms with van der Waals surface area (Å²) in [5, 5.41) is 10.4. The monoisotopic (exact) mass is 334 g/mol. The lowest BCUT2D eigenvalue weighted by molar-refractivity contribution is -0.136. The fraction of sp³-hybridized carbons (Fsp3) is 0.905. The first-order valence-corrected chi connectivity index (χ1v) is 9.96. The third-order valence-electron chi connectivity index (χ3n) is 8.35. The normalized spacial score (nSPS) is 50.6. The molecular weight excluding hydrogens is 300 g/mol. The molecule has 0 aromatic heterocycles. The van der Waals surface area contributed by atoms with Gasteiger partial charge in [-0.05, 0) is 86.5 Å². The number of aliphatic hydroxyl groups excluding tert-OH is 1. The Balaban J connectivity index is 1.48. The van der Waals surface area contributed by atoms with Crippen LogP contribution in [0.5, 0.6) is 0 Å². The third kappa shape index (κ3) is 2.54. The molecule has 0 saturated heterocycles. The summed E-state index contributed by atoms with van der Waals surface area (Å²) in [6, 6.07) is 0. The van der Waals surface area contributed by atoms with Crippen LogP contribution in [0.25, 0.3) is 0 Å². The minimum atomic E-state index is 0.0771. The standard InChI is InChI=1S/C21H34O3/c1-20-11-14-8-9-21(2)18(6-7-19(21)22)17(14)10-15(20)4-5-16(12-20)24-13-23-3/h7,14-18,22H,4-6,8-13H2,1-3H3/t14-,15+,16+,17-,18+,20-,21+/m0/s1. The first kappa shape index (κ1) is 16.9. The van der Waals surface area contributed by atoms with E-state index in [-0.39, 0.29) is 5.41 Å². The maximum absolute atomic E-state index is 10.4. The van der Waals surface area contributed by atoms with E-state index in [9.17, 15) is 5.11 Å². The molecule has 136 valence electrons. The van der Waals surface area contributed by atoms with Crippen LogP contribution in [0.1, 0.15) is 65.2 Å². The molecule has 3 heteroatoms. The molecule has 4 rings (SSSR count). The van der Waals surface area contributed by atoms with Gasteiger partial charge in [-0.1, -0.05) is 13.8 Å². The summed E-state index contributed by atoms with van der Waals surface area (Å²) < 4.78 is 11.0. The van der Waals surface area contributed by atoms with Crippen LogP contribution in [-0.4, -0.2) is 25.1 Å². The second kappa shape index (κ2) is 6.02. The number of hydrogen-bond acceptors (Lipinski definition) is 3. The van der Waals surface area contributed by atoms with Crippen LogP contribution in [0, 0.1) is 34.5 Å². The number of aliphatic hydroxyl groups is 1. The van der Waals surface area contributed by atoms with Crippen LogP contribution in [0.15, 0.2) is 11.8 Å². The van der Waals surface area contributed by atoms with E-state index in [2.05, 4.69) is 19.9 Å². The van der Waals surface area contributed by atoms with Gasteiger partial charge >= 0.3 is 0 Å². The van der Waals surface area contributed by atoms with E-state index >= 15 is 0 Å². The fourth-order valence-corrected chi connectivity index (χ4v) is 6.93. The predicted octanol–water partition coefficient (Wildman–Crippen LogP) is 5.07. The van der Waals surface area contributed by atoms with Crippen LogP contribution >= 0.6 is 0 Å². The third-order valence-corrected chi connectivity index (χ3v) is 8.35. The molecule has 0 unspecified atom stereocenters. The molecule has 24 heavy (non-hydrogen) atoms. The lowest BCUT2D eigenvalue weighted by Gasteiger charge is -2.58. The van der Waals surface area contributed by atoms with Crippen LogP contribution in [0.2, 0.25) is 0 Å². The van der Waals surface area contributed by atoms with Crippen molar-refractivity contribution in [2.75, 3.05) is 13.9 Å². The molecule has 0 amide bonds. The minimum absolute atomic E-state index is 0.0771. The summed E-state index contributed by atoms with van der Waals surface area (Å²) in [5.74, 6) is 3.88. The van der Waals surface area contributed by atoms with Crippen molar-refractivity contribution in [3.63, 3.8) is 0 Å². The van der Waals surface area contributed by atoms with Crippen molar-refractivity contribution in [2.24, 2.45) is 34.5 Å². The van der Waals surface area contributed by atoms with Crippen LogP contribution in [0.3, 0.4) is 0 Å². The SMILES string of the molecule is COCO[C@@H]1CC[C@@H]2C[C@H]3[C@@H](CC[C@@]4(C)C(O)=CC[C@H]34)C[C@@]2(C)C1. The molecule has 0 aliphatic heterocycles. The van der Waals surface area contributed by atoms with Crippen molar-refractivity contribution in [3.8, 4) is 0 Å². The summed E-state index contributed by atoms with van der Waals surface area (Å²) in [6.07, 6.45) is 12.5. The molecule has 4 aliphatic carbocycles. The van der Waals surface area contributed by atoms with Crippen LogP contribution in [0.4, 0.5) is 0 Å². The van der Waals surface area contributed by atoms with E-state index in [0.717, 1.165) is 24.2 Å². The lowest BCUT2D eigenvalue weighted by atomic mass is 9.48. The Morgan fingerprint density at radius 3 is 2.83 bits per heavy atom. The summed E-state index contributed by atoms with van der Waals surface area (Å²) in [7, 11) is 1.71. The predicted molar refractivity (Wildman–Crippen MR) is 94.6 cm³/mol. The number of methoxy groups -OCH3 is 1. The Hall–Kier alpha value is -0.540. The lowest BCUT2D eigenvalue weighted by Crippen LogP contribution is -2.50. The maximum Gasteiger partial charge on any atom is 0.146 e. The molecule has 0 radical (unpaired) electrons. The zero-order valence-corrected chi connectivity index (χ0v) is 15.6. The molecule has 0 aromatic rings. The van der Waals surface area contributed by atoms with Gasteiger partial charge in [-0.15, -0.1) is 0 Å². The molecule has 3 nitrogen and oxygen atoms in total. The Labute approximate surface area is 146 Å². The van der Waals surface area contributed by atoms with Gasteiger partial charge in [-0.2, -0.15) is 0 Å². The van der Waals surface area contributed by atoms with Crippen molar-refractivity contribution in [3.05, 3.63) is 11.8 Å². The highest BCUT2D eigenvalue weighted by Crippen LogP contribution is 2.64. The Morgan fingerprint density at radius 1 is 1.21 bits per heavy atom. The number of fused-ring (bicyclic) bond motifs is 4. The summed E-state index contributed by atoms with van der Waals surface area (Å²) in [5.41, 5.74) is 0.521. The second-order valence-electron chi connectivity index (χ2n) is 9.58. The van der Waals surface area contributed by atoms with Crippen molar-refractivity contribution in [1.29, 1.82) is 0 Å². The fourth-order valence-electron chi connectivity index (χ4n) is 6.93. The smallest absolute Gasteiger partial charge is 0.146 e. The molecule has 0 heterocycles. The van der Waals surface area contributed by atoms with Gasteiger partial charge in [0.1, 0.15) is 6.79 Å². The number of hydrogen-bond donors (Lipinski definition) is 1. The van der Waals surface area contributed by atoms with Gasteiger partial charge in [-0.3, -0.25) is 0 Å². The quantitative estimate of drug-likeness (QED) is 0.732. The molecule has 7 atom stereocenters. The van der Waals surface area contributed by atoms with Crippen molar-refractivity contribution in [1.82, 2.24) is 0 Å². The average molecular weight is 335 g/mol. The molecule has 3 saturated carbocycles. The highest BCUT2D eigenvalue weighted by Gasteiger charge is 2.56. The molecular formula is C21H34O3. The van der Waals surface area contributed by atoms with E-state index < -0.39 is 0 Å². The van der Waals surface area contributed by atoms with Crippen molar-refractivity contribution in [2.45, 2.75) is 71.3 Å². The number of allylic oxidation sites excluding steroid dienone is 2. The van der Waals surface area contributed by atoms with Crippen molar-refractivity contribution >= 4 is 0 Å². The molecule has 0 bridgehead atoms. The number of rotatable bonds is 3. The largest absolute Gasteiger partial charge is 0.512 e. The highest BCUT2D eigenvalue weighted by atomic mass is 16.7. The minimum Gasteiger partial charge on any atom is -0.512 e. The Kier molecular flexibility index (Phi) is 4.24. The van der Waals surface area contributed by atoms with E-state index in [1.807, 2.05) is 0 Å². The topological polar surface area (TPSA) is 38.7 Å². The van der Waals surface area contributed by atoms with Gasteiger partial charge in [0.05, 0.1) is 11.9 Å². The van der Waals surface area contributed by atoms with Gasteiger partial charge in [0.15, 0.2) is 0 Å². The maximum atomic E-state index is 10.4.